The molecule has 25 heavy (non-hydrogen) atoms. The van der Waals surface area contributed by atoms with E-state index in [0.717, 1.165) is 47.6 Å². The van der Waals surface area contributed by atoms with Crippen molar-refractivity contribution in [2.45, 2.75) is 39.8 Å². The van der Waals surface area contributed by atoms with E-state index in [1.165, 1.54) is 0 Å². The number of amides is 1. The summed E-state index contributed by atoms with van der Waals surface area (Å²) in [4.78, 5) is 24.1. The van der Waals surface area contributed by atoms with E-state index in [1.54, 1.807) is 11.2 Å². The lowest BCUT2D eigenvalue weighted by Gasteiger charge is -2.27. The second-order valence-corrected chi connectivity index (χ2v) is 6.19. The first-order valence-electron chi connectivity index (χ1n) is 8.65. The Morgan fingerprint density at radius 1 is 1.08 bits per heavy atom. The summed E-state index contributed by atoms with van der Waals surface area (Å²) in [6, 6.07) is 5.58. The average Bonchev–Trinajstić information content (AvgIpc) is 3.13. The average molecular weight is 336 g/mol. The first-order chi connectivity index (χ1) is 12.2. The molecule has 0 bridgehead atoms. The van der Waals surface area contributed by atoms with Crippen molar-refractivity contribution in [2.75, 3.05) is 6.54 Å². The Labute approximate surface area is 145 Å². The fourth-order valence-corrected chi connectivity index (χ4v) is 3.25. The highest BCUT2D eigenvalue weighted by Gasteiger charge is 2.23. The third-order valence-electron chi connectivity index (χ3n) is 4.66. The molecule has 3 aromatic rings. The van der Waals surface area contributed by atoms with Crippen LogP contribution >= 0.6 is 0 Å². The van der Waals surface area contributed by atoms with Crippen molar-refractivity contribution in [2.24, 2.45) is 0 Å². The number of aromatic nitrogens is 5. The summed E-state index contributed by atoms with van der Waals surface area (Å²) in [5, 5.41) is 7.97. The molecule has 1 amide bonds. The number of hydrogen-bond acceptors (Lipinski definition) is 5. The Morgan fingerprint density at radius 2 is 1.84 bits per heavy atom. The standard InChI is InChI=1S/C18H20N6O/c1-3-13-14(4-2)21-16-9-12(5-6-15(16)20-13)18(25)23-7-8-24-11-19-22-17(24)10-23/h5-6,9,11H,3-4,7-8,10H2,1-2H3. The SMILES string of the molecule is CCc1nc2ccc(C(=O)N3CCn4cnnc4C3)cc2nc1CC. The van der Waals surface area contributed by atoms with Crippen LogP contribution in [0.1, 0.15) is 41.4 Å². The van der Waals surface area contributed by atoms with Gasteiger partial charge in [0.1, 0.15) is 6.33 Å². The lowest BCUT2D eigenvalue weighted by atomic mass is 10.1. The predicted molar refractivity (Wildman–Crippen MR) is 93.1 cm³/mol. The fourth-order valence-electron chi connectivity index (χ4n) is 3.25. The Bertz CT molecular complexity index is 948. The summed E-state index contributed by atoms with van der Waals surface area (Å²) < 4.78 is 1.98. The fraction of sp³-hybridized carbons (Fsp3) is 0.389. The molecular weight excluding hydrogens is 316 g/mol. The molecule has 0 atom stereocenters. The third-order valence-corrected chi connectivity index (χ3v) is 4.66. The van der Waals surface area contributed by atoms with Crippen LogP contribution in [0.2, 0.25) is 0 Å². The molecule has 1 aliphatic heterocycles. The van der Waals surface area contributed by atoms with Crippen LogP contribution in [-0.4, -0.2) is 42.1 Å². The number of carbonyl (C=O) groups excluding carboxylic acids is 1. The Balaban J connectivity index is 1.66. The van der Waals surface area contributed by atoms with Crippen LogP contribution in [0.4, 0.5) is 0 Å². The zero-order valence-electron chi connectivity index (χ0n) is 14.4. The summed E-state index contributed by atoms with van der Waals surface area (Å²) in [5.41, 5.74) is 4.29. The topological polar surface area (TPSA) is 76.8 Å². The molecular formula is C18H20N6O. The van der Waals surface area contributed by atoms with Gasteiger partial charge >= 0.3 is 0 Å². The van der Waals surface area contributed by atoms with Crippen LogP contribution in [0.15, 0.2) is 24.5 Å². The maximum absolute atomic E-state index is 12.9. The van der Waals surface area contributed by atoms with Crippen molar-refractivity contribution < 1.29 is 4.79 Å². The highest BCUT2D eigenvalue weighted by atomic mass is 16.2. The minimum Gasteiger partial charge on any atom is -0.329 e. The Morgan fingerprint density at radius 3 is 2.60 bits per heavy atom. The molecule has 0 saturated heterocycles. The molecule has 7 heteroatoms. The van der Waals surface area contributed by atoms with Gasteiger partial charge in [0.05, 0.1) is 29.0 Å². The van der Waals surface area contributed by atoms with Gasteiger partial charge in [0.2, 0.25) is 0 Å². The van der Waals surface area contributed by atoms with Gasteiger partial charge in [-0.25, -0.2) is 9.97 Å². The Kier molecular flexibility index (Phi) is 3.91. The first-order valence-corrected chi connectivity index (χ1v) is 8.65. The molecule has 1 aromatic carbocycles. The maximum Gasteiger partial charge on any atom is 0.254 e. The summed E-state index contributed by atoms with van der Waals surface area (Å²) >= 11 is 0. The van der Waals surface area contributed by atoms with Crippen molar-refractivity contribution in [3.63, 3.8) is 0 Å². The van der Waals surface area contributed by atoms with E-state index in [-0.39, 0.29) is 5.91 Å². The number of fused-ring (bicyclic) bond motifs is 2. The van der Waals surface area contributed by atoms with Crippen LogP contribution in [0.3, 0.4) is 0 Å². The summed E-state index contributed by atoms with van der Waals surface area (Å²) in [6.07, 6.45) is 3.41. The van der Waals surface area contributed by atoms with E-state index in [2.05, 4.69) is 24.0 Å². The lowest BCUT2D eigenvalue weighted by Crippen LogP contribution is -2.38. The highest BCUT2D eigenvalue weighted by Crippen LogP contribution is 2.19. The van der Waals surface area contributed by atoms with Crippen LogP contribution in [0, 0.1) is 0 Å². The van der Waals surface area contributed by atoms with Crippen molar-refractivity contribution in [3.05, 3.63) is 47.3 Å². The predicted octanol–water partition coefficient (Wildman–Crippen LogP) is 2.00. The van der Waals surface area contributed by atoms with Crippen LogP contribution < -0.4 is 0 Å². The minimum atomic E-state index is -0.00411. The van der Waals surface area contributed by atoms with E-state index >= 15 is 0 Å². The molecule has 0 saturated carbocycles. The molecule has 3 heterocycles. The molecule has 0 fully saturated rings. The molecule has 0 unspecified atom stereocenters. The van der Waals surface area contributed by atoms with Gasteiger partial charge in [-0.05, 0) is 31.0 Å². The quantitative estimate of drug-likeness (QED) is 0.731. The van der Waals surface area contributed by atoms with E-state index in [4.69, 9.17) is 9.97 Å². The van der Waals surface area contributed by atoms with Gasteiger partial charge in [-0.15, -0.1) is 10.2 Å². The molecule has 7 nitrogen and oxygen atoms in total. The Hall–Kier alpha value is -2.83. The second-order valence-electron chi connectivity index (χ2n) is 6.19. The van der Waals surface area contributed by atoms with Crippen LogP contribution in [0.5, 0.6) is 0 Å². The van der Waals surface area contributed by atoms with Gasteiger partial charge < -0.3 is 9.47 Å². The largest absolute Gasteiger partial charge is 0.329 e. The van der Waals surface area contributed by atoms with Crippen molar-refractivity contribution >= 4 is 16.9 Å². The van der Waals surface area contributed by atoms with Crippen molar-refractivity contribution in [1.82, 2.24) is 29.6 Å². The number of nitrogens with zero attached hydrogens (tertiary/aromatic N) is 6. The summed E-state index contributed by atoms with van der Waals surface area (Å²) in [6.45, 7) is 6.03. The second kappa shape index (κ2) is 6.23. The van der Waals surface area contributed by atoms with Gasteiger partial charge in [0, 0.05) is 18.7 Å². The number of benzene rings is 1. The molecule has 0 radical (unpaired) electrons. The van der Waals surface area contributed by atoms with Gasteiger partial charge in [-0.3, -0.25) is 4.79 Å². The van der Waals surface area contributed by atoms with E-state index in [9.17, 15) is 4.79 Å². The van der Waals surface area contributed by atoms with E-state index in [1.807, 2.05) is 22.8 Å². The number of carbonyl (C=O) groups is 1. The molecule has 128 valence electrons. The monoisotopic (exact) mass is 336 g/mol. The van der Waals surface area contributed by atoms with Crippen molar-refractivity contribution in [1.29, 1.82) is 0 Å². The minimum absolute atomic E-state index is 0.00411. The maximum atomic E-state index is 12.9. The lowest BCUT2D eigenvalue weighted by molar-refractivity contribution is 0.0707. The summed E-state index contributed by atoms with van der Waals surface area (Å²) in [5.74, 6) is 0.816. The number of hydrogen-bond donors (Lipinski definition) is 0. The third kappa shape index (κ3) is 2.75. The molecule has 2 aromatic heterocycles. The number of aryl methyl sites for hydroxylation is 2. The van der Waals surface area contributed by atoms with Gasteiger partial charge in [-0.2, -0.15) is 0 Å². The van der Waals surface area contributed by atoms with E-state index in [0.29, 0.717) is 18.7 Å². The highest BCUT2D eigenvalue weighted by molar-refractivity contribution is 5.97. The molecule has 0 spiro atoms. The molecule has 0 aliphatic carbocycles. The molecule has 0 N–H and O–H groups in total. The van der Waals surface area contributed by atoms with Crippen molar-refractivity contribution in [3.8, 4) is 0 Å². The number of rotatable bonds is 3. The van der Waals surface area contributed by atoms with E-state index < -0.39 is 0 Å². The van der Waals surface area contributed by atoms with Gasteiger partial charge in [0.15, 0.2) is 5.82 Å². The smallest absolute Gasteiger partial charge is 0.254 e. The summed E-state index contributed by atoms with van der Waals surface area (Å²) in [7, 11) is 0. The zero-order chi connectivity index (χ0) is 17.4. The zero-order valence-corrected chi connectivity index (χ0v) is 14.4. The van der Waals surface area contributed by atoms with Crippen LogP contribution in [0.25, 0.3) is 11.0 Å². The first kappa shape index (κ1) is 15.7. The van der Waals surface area contributed by atoms with Gasteiger partial charge in [0.25, 0.3) is 5.91 Å². The molecule has 4 rings (SSSR count). The van der Waals surface area contributed by atoms with Crippen LogP contribution in [-0.2, 0) is 25.9 Å². The van der Waals surface area contributed by atoms with Gasteiger partial charge in [-0.1, -0.05) is 13.8 Å². The molecule has 1 aliphatic rings. The normalized spacial score (nSPS) is 13.9.